The highest BCUT2D eigenvalue weighted by Gasteiger charge is 2.28. The number of sulfonamides is 2. The Morgan fingerprint density at radius 3 is 2.06 bits per heavy atom. The van der Waals surface area contributed by atoms with Crippen LogP contribution in [0.1, 0.15) is 35.1 Å². The van der Waals surface area contributed by atoms with E-state index in [0.29, 0.717) is 24.2 Å². The highest BCUT2D eigenvalue weighted by atomic mass is 32.2. The Hall–Kier alpha value is -2.27. The number of amides is 1. The third-order valence-corrected chi connectivity index (χ3v) is 9.78. The Bertz CT molecular complexity index is 1210. The average molecular weight is 494 g/mol. The SMILES string of the molecule is Cc1cc(C)c(S(=O)(=O)N(C)CC(=O)NCc2ccc(S(=O)(=O)N3CCCC3)cc2)c(C)c1. The normalized spacial score (nSPS) is 15.2. The summed E-state index contributed by atoms with van der Waals surface area (Å²) in [5.41, 5.74) is 2.98. The van der Waals surface area contributed by atoms with Gasteiger partial charge in [0.2, 0.25) is 26.0 Å². The van der Waals surface area contributed by atoms with Gasteiger partial charge in [0.1, 0.15) is 0 Å². The molecule has 1 fully saturated rings. The molecule has 1 amide bonds. The van der Waals surface area contributed by atoms with Crippen molar-refractivity contribution in [3.63, 3.8) is 0 Å². The average Bonchev–Trinajstić information content (AvgIpc) is 3.27. The van der Waals surface area contributed by atoms with Crippen LogP contribution in [0.4, 0.5) is 0 Å². The third kappa shape index (κ3) is 5.63. The van der Waals surface area contributed by atoms with E-state index in [1.54, 1.807) is 38.1 Å². The Morgan fingerprint density at radius 2 is 1.52 bits per heavy atom. The van der Waals surface area contributed by atoms with Gasteiger partial charge in [0.05, 0.1) is 16.3 Å². The van der Waals surface area contributed by atoms with Crippen LogP contribution in [0.2, 0.25) is 0 Å². The van der Waals surface area contributed by atoms with Crippen LogP contribution >= 0.6 is 0 Å². The summed E-state index contributed by atoms with van der Waals surface area (Å²) in [5.74, 6) is -0.447. The molecule has 0 unspecified atom stereocenters. The van der Waals surface area contributed by atoms with Crippen molar-refractivity contribution in [2.45, 2.75) is 49.9 Å². The van der Waals surface area contributed by atoms with Crippen molar-refractivity contribution in [1.29, 1.82) is 0 Å². The molecule has 1 aliphatic heterocycles. The van der Waals surface area contributed by atoms with E-state index in [-0.39, 0.29) is 22.9 Å². The maximum atomic E-state index is 13.0. The molecule has 0 atom stereocenters. The number of carbonyl (C=O) groups excluding carboxylic acids is 1. The van der Waals surface area contributed by atoms with E-state index in [1.165, 1.54) is 23.5 Å². The molecule has 0 bridgehead atoms. The lowest BCUT2D eigenvalue weighted by Crippen LogP contribution is -2.38. The zero-order valence-corrected chi connectivity index (χ0v) is 21.1. The molecule has 2 aromatic rings. The van der Waals surface area contributed by atoms with Crippen LogP contribution in [-0.4, -0.2) is 58.0 Å². The second-order valence-electron chi connectivity index (χ2n) is 8.52. The number of rotatable bonds is 8. The van der Waals surface area contributed by atoms with E-state index in [1.807, 2.05) is 6.92 Å². The Balaban J connectivity index is 1.61. The van der Waals surface area contributed by atoms with E-state index >= 15 is 0 Å². The summed E-state index contributed by atoms with van der Waals surface area (Å²) >= 11 is 0. The van der Waals surface area contributed by atoms with Crippen molar-refractivity contribution >= 4 is 26.0 Å². The van der Waals surface area contributed by atoms with Gasteiger partial charge in [-0.05, 0) is 62.4 Å². The molecule has 2 aromatic carbocycles. The fraction of sp³-hybridized carbons (Fsp3) is 0.435. The molecule has 1 heterocycles. The van der Waals surface area contributed by atoms with E-state index in [4.69, 9.17) is 0 Å². The molecule has 0 saturated carbocycles. The summed E-state index contributed by atoms with van der Waals surface area (Å²) in [5, 5.41) is 2.70. The van der Waals surface area contributed by atoms with Gasteiger partial charge in [0.25, 0.3) is 0 Å². The fourth-order valence-electron chi connectivity index (χ4n) is 4.13. The van der Waals surface area contributed by atoms with Crippen LogP contribution < -0.4 is 5.32 Å². The number of aryl methyl sites for hydroxylation is 3. The Morgan fingerprint density at radius 1 is 0.970 bits per heavy atom. The molecule has 1 aliphatic rings. The minimum absolute atomic E-state index is 0.166. The molecule has 10 heteroatoms. The van der Waals surface area contributed by atoms with Gasteiger partial charge >= 0.3 is 0 Å². The number of nitrogens with zero attached hydrogens (tertiary/aromatic N) is 2. The lowest BCUT2D eigenvalue weighted by Gasteiger charge is -2.20. The highest BCUT2D eigenvalue weighted by molar-refractivity contribution is 7.89. The smallest absolute Gasteiger partial charge is 0.243 e. The number of hydrogen-bond donors (Lipinski definition) is 1. The van der Waals surface area contributed by atoms with Gasteiger partial charge in [-0.15, -0.1) is 0 Å². The van der Waals surface area contributed by atoms with Gasteiger partial charge in [-0.25, -0.2) is 16.8 Å². The lowest BCUT2D eigenvalue weighted by atomic mass is 10.1. The first-order valence-electron chi connectivity index (χ1n) is 10.8. The summed E-state index contributed by atoms with van der Waals surface area (Å²) in [6.45, 7) is 6.32. The zero-order chi connectivity index (χ0) is 24.4. The maximum absolute atomic E-state index is 13.0. The second-order valence-corrected chi connectivity index (χ2v) is 12.4. The molecule has 8 nitrogen and oxygen atoms in total. The third-order valence-electron chi connectivity index (χ3n) is 5.76. The van der Waals surface area contributed by atoms with Gasteiger partial charge in [-0.3, -0.25) is 4.79 Å². The van der Waals surface area contributed by atoms with Crippen molar-refractivity contribution in [3.05, 3.63) is 58.7 Å². The van der Waals surface area contributed by atoms with Gasteiger partial charge < -0.3 is 5.32 Å². The summed E-state index contributed by atoms with van der Waals surface area (Å²) in [4.78, 5) is 12.9. The van der Waals surface area contributed by atoms with E-state index in [9.17, 15) is 21.6 Å². The minimum Gasteiger partial charge on any atom is -0.351 e. The summed E-state index contributed by atoms with van der Waals surface area (Å²) in [7, 11) is -5.93. The predicted octanol–water partition coefficient (Wildman–Crippen LogP) is 2.33. The first-order chi connectivity index (χ1) is 15.4. The van der Waals surface area contributed by atoms with Crippen molar-refractivity contribution in [3.8, 4) is 0 Å². The van der Waals surface area contributed by atoms with Gasteiger partial charge in [-0.2, -0.15) is 8.61 Å². The van der Waals surface area contributed by atoms with Crippen LogP contribution in [0.25, 0.3) is 0 Å². The maximum Gasteiger partial charge on any atom is 0.243 e. The van der Waals surface area contributed by atoms with Gasteiger partial charge in [0, 0.05) is 26.7 Å². The first kappa shape index (κ1) is 25.4. The van der Waals surface area contributed by atoms with Crippen molar-refractivity contribution in [2.24, 2.45) is 0 Å². The van der Waals surface area contributed by atoms with Crippen LogP contribution in [0, 0.1) is 20.8 Å². The van der Waals surface area contributed by atoms with Gasteiger partial charge in [0.15, 0.2) is 0 Å². The van der Waals surface area contributed by atoms with E-state index in [2.05, 4.69) is 5.32 Å². The van der Waals surface area contributed by atoms with Crippen molar-refractivity contribution in [1.82, 2.24) is 13.9 Å². The summed E-state index contributed by atoms with van der Waals surface area (Å²) < 4.78 is 53.8. The Labute approximate surface area is 196 Å². The van der Waals surface area contributed by atoms with Crippen molar-refractivity contribution in [2.75, 3.05) is 26.7 Å². The molecular weight excluding hydrogens is 462 g/mol. The van der Waals surface area contributed by atoms with Crippen LogP contribution in [-0.2, 0) is 31.4 Å². The van der Waals surface area contributed by atoms with Crippen LogP contribution in [0.15, 0.2) is 46.2 Å². The molecule has 180 valence electrons. The topological polar surface area (TPSA) is 104 Å². The van der Waals surface area contributed by atoms with Crippen molar-refractivity contribution < 1.29 is 21.6 Å². The molecular formula is C23H31N3O5S2. The standard InChI is InChI=1S/C23H31N3O5S2/c1-17-13-18(2)23(19(3)14-17)33(30,31)25(4)16-22(27)24-15-20-7-9-21(10-8-20)32(28,29)26-11-5-6-12-26/h7-10,13-14H,5-6,11-12,15-16H2,1-4H3,(H,24,27). The monoisotopic (exact) mass is 493 g/mol. The molecule has 33 heavy (non-hydrogen) atoms. The van der Waals surface area contributed by atoms with E-state index < -0.39 is 26.0 Å². The first-order valence-corrected chi connectivity index (χ1v) is 13.7. The van der Waals surface area contributed by atoms with Crippen LogP contribution in [0.3, 0.4) is 0 Å². The van der Waals surface area contributed by atoms with Crippen LogP contribution in [0.5, 0.6) is 0 Å². The number of carbonyl (C=O) groups is 1. The second kappa shape index (κ2) is 9.92. The molecule has 1 N–H and O–H groups in total. The fourth-order valence-corrected chi connectivity index (χ4v) is 7.18. The molecule has 0 aromatic heterocycles. The minimum atomic E-state index is -3.82. The molecule has 0 radical (unpaired) electrons. The summed E-state index contributed by atoms with van der Waals surface area (Å²) in [6, 6.07) is 10.00. The Kier molecular flexibility index (Phi) is 7.62. The number of benzene rings is 2. The molecule has 0 spiro atoms. The lowest BCUT2D eigenvalue weighted by molar-refractivity contribution is -0.121. The molecule has 3 rings (SSSR count). The van der Waals surface area contributed by atoms with Gasteiger partial charge in [-0.1, -0.05) is 29.8 Å². The number of likely N-dealkylation sites (N-methyl/N-ethyl adjacent to an activating group) is 1. The number of nitrogens with one attached hydrogen (secondary N) is 1. The molecule has 0 aliphatic carbocycles. The number of hydrogen-bond acceptors (Lipinski definition) is 5. The molecule has 1 saturated heterocycles. The largest absolute Gasteiger partial charge is 0.351 e. The predicted molar refractivity (Wildman–Crippen MR) is 127 cm³/mol. The highest BCUT2D eigenvalue weighted by Crippen LogP contribution is 2.24. The van der Waals surface area contributed by atoms with E-state index in [0.717, 1.165) is 28.3 Å². The zero-order valence-electron chi connectivity index (χ0n) is 19.5. The quantitative estimate of drug-likeness (QED) is 0.608. The summed E-state index contributed by atoms with van der Waals surface area (Å²) in [6.07, 6.45) is 1.74.